The summed E-state index contributed by atoms with van der Waals surface area (Å²) in [5, 5.41) is 9.54. The van der Waals surface area contributed by atoms with Crippen molar-refractivity contribution in [1.29, 1.82) is 0 Å². The lowest BCUT2D eigenvalue weighted by atomic mass is 10.0. The second kappa shape index (κ2) is 7.44. The van der Waals surface area contributed by atoms with Crippen molar-refractivity contribution < 1.29 is 9.32 Å². The summed E-state index contributed by atoms with van der Waals surface area (Å²) in [6.45, 7) is 1.71. The molecule has 0 saturated carbocycles. The van der Waals surface area contributed by atoms with Gasteiger partial charge in [0.25, 0.3) is 5.91 Å². The number of para-hydroxylation sites is 1. The summed E-state index contributed by atoms with van der Waals surface area (Å²) in [4.78, 5) is 18.8. The van der Waals surface area contributed by atoms with Crippen molar-refractivity contribution in [2.45, 2.75) is 6.92 Å². The second-order valence-corrected chi connectivity index (χ2v) is 7.94. The molecule has 3 aromatic heterocycles. The number of hydrogen-bond acceptors (Lipinski definition) is 5. The monoisotopic (exact) mass is 434 g/mol. The van der Waals surface area contributed by atoms with Gasteiger partial charge in [-0.2, -0.15) is 0 Å². The van der Waals surface area contributed by atoms with Gasteiger partial charge in [-0.25, -0.2) is 4.98 Å². The highest BCUT2D eigenvalue weighted by molar-refractivity contribution is 7.15. The van der Waals surface area contributed by atoms with Crippen LogP contribution in [0.15, 0.2) is 70.8 Å². The number of aryl methyl sites for hydroxylation is 1. The molecule has 8 heteroatoms. The molecule has 0 bridgehead atoms. The molecule has 1 N–H and O–H groups in total. The van der Waals surface area contributed by atoms with Crippen LogP contribution in [-0.4, -0.2) is 20.4 Å². The minimum Gasteiger partial charge on any atom is -0.360 e. The fourth-order valence-corrected chi connectivity index (χ4v) is 4.26. The molecule has 0 saturated heterocycles. The van der Waals surface area contributed by atoms with E-state index in [1.165, 1.54) is 0 Å². The van der Waals surface area contributed by atoms with Crippen molar-refractivity contribution in [2.24, 2.45) is 0 Å². The van der Waals surface area contributed by atoms with Crippen LogP contribution in [-0.2, 0) is 0 Å². The minimum absolute atomic E-state index is 0.322. The van der Waals surface area contributed by atoms with Gasteiger partial charge >= 0.3 is 0 Å². The van der Waals surface area contributed by atoms with Crippen molar-refractivity contribution in [3.8, 4) is 22.5 Å². The molecule has 0 atom stereocenters. The third-order valence-corrected chi connectivity index (χ3v) is 5.86. The van der Waals surface area contributed by atoms with E-state index in [1.807, 2.05) is 64.6 Å². The van der Waals surface area contributed by atoms with E-state index in [1.54, 1.807) is 24.3 Å². The van der Waals surface area contributed by atoms with E-state index in [2.05, 4.69) is 15.5 Å². The predicted octanol–water partition coefficient (Wildman–Crippen LogP) is 5.93. The molecule has 1 amide bonds. The van der Waals surface area contributed by atoms with Gasteiger partial charge < -0.3 is 9.84 Å². The van der Waals surface area contributed by atoms with Gasteiger partial charge in [-0.15, -0.1) is 11.3 Å². The summed E-state index contributed by atoms with van der Waals surface area (Å²) in [7, 11) is 0. The number of carbonyl (C=O) groups is 1. The van der Waals surface area contributed by atoms with Gasteiger partial charge in [-0.05, 0) is 19.1 Å². The van der Waals surface area contributed by atoms with Gasteiger partial charge in [-0.1, -0.05) is 53.2 Å². The van der Waals surface area contributed by atoms with Gasteiger partial charge in [0.15, 0.2) is 4.96 Å². The van der Waals surface area contributed by atoms with Crippen LogP contribution < -0.4 is 5.32 Å². The van der Waals surface area contributed by atoms with Gasteiger partial charge in [0.2, 0.25) is 0 Å². The lowest BCUT2D eigenvalue weighted by molar-refractivity contribution is 0.102. The molecule has 3 heterocycles. The maximum atomic E-state index is 13.2. The Morgan fingerprint density at radius 2 is 1.90 bits per heavy atom. The first kappa shape index (κ1) is 18.6. The van der Waals surface area contributed by atoms with E-state index < -0.39 is 0 Å². The number of nitrogens with one attached hydrogen (secondary N) is 1. The second-order valence-electron chi connectivity index (χ2n) is 6.66. The number of nitrogens with zero attached hydrogens (tertiary/aromatic N) is 3. The van der Waals surface area contributed by atoms with E-state index in [-0.39, 0.29) is 5.91 Å². The quantitative estimate of drug-likeness (QED) is 0.380. The van der Waals surface area contributed by atoms with Crippen LogP contribution in [0.3, 0.4) is 0 Å². The van der Waals surface area contributed by atoms with Crippen LogP contribution >= 0.6 is 22.9 Å². The molecule has 6 nitrogen and oxygen atoms in total. The Kier molecular flexibility index (Phi) is 4.61. The van der Waals surface area contributed by atoms with Crippen molar-refractivity contribution >= 4 is 39.5 Å². The van der Waals surface area contributed by atoms with Gasteiger partial charge in [0.1, 0.15) is 17.0 Å². The zero-order valence-electron chi connectivity index (χ0n) is 15.8. The molecular formula is C22H15ClN4O2S. The molecular weight excluding hydrogens is 420 g/mol. The van der Waals surface area contributed by atoms with Crippen LogP contribution in [0.2, 0.25) is 5.02 Å². The minimum atomic E-state index is -0.322. The van der Waals surface area contributed by atoms with Crippen molar-refractivity contribution in [2.75, 3.05) is 5.32 Å². The number of aromatic nitrogens is 3. The van der Waals surface area contributed by atoms with Gasteiger partial charge in [0.05, 0.1) is 16.4 Å². The number of imidazole rings is 1. The zero-order valence-corrected chi connectivity index (χ0v) is 17.4. The fraction of sp³-hybridized carbons (Fsp3) is 0.0455. The molecule has 148 valence electrons. The lowest BCUT2D eigenvalue weighted by Gasteiger charge is -2.10. The summed E-state index contributed by atoms with van der Waals surface area (Å²) in [6.07, 6.45) is 3.89. The molecule has 30 heavy (non-hydrogen) atoms. The summed E-state index contributed by atoms with van der Waals surface area (Å²) >= 11 is 7.87. The number of amides is 1. The first-order valence-electron chi connectivity index (χ1n) is 9.16. The number of fused-ring (bicyclic) bond motifs is 1. The Balaban J connectivity index is 1.53. The molecule has 0 aliphatic carbocycles. The third kappa shape index (κ3) is 3.18. The van der Waals surface area contributed by atoms with E-state index in [0.717, 1.165) is 16.2 Å². The molecule has 0 spiro atoms. The Morgan fingerprint density at radius 1 is 1.13 bits per heavy atom. The van der Waals surface area contributed by atoms with Crippen molar-refractivity contribution in [3.05, 3.63) is 82.7 Å². The average molecular weight is 435 g/mol. The largest absolute Gasteiger partial charge is 0.360 e. The molecule has 2 aromatic carbocycles. The number of halogens is 1. The summed E-state index contributed by atoms with van der Waals surface area (Å²) < 4.78 is 7.28. The highest BCUT2D eigenvalue weighted by Gasteiger charge is 2.24. The third-order valence-electron chi connectivity index (χ3n) is 4.76. The standard InChI is InChI=1S/C22H15ClN4O2S/c1-13-19(20(26-29-13)14-6-2-4-8-16(14)23)21(28)24-17-9-5-3-7-15(17)18-12-27-10-11-30-22(27)25-18/h2-12H,1H3,(H,24,28). The SMILES string of the molecule is Cc1onc(-c2ccccc2Cl)c1C(=O)Nc1ccccc1-c1cn2ccsc2n1. The number of thiazole rings is 1. The lowest BCUT2D eigenvalue weighted by Crippen LogP contribution is -2.14. The molecule has 0 fully saturated rings. The fourth-order valence-electron chi connectivity index (χ4n) is 3.33. The zero-order chi connectivity index (χ0) is 20.7. The molecule has 0 aliphatic rings. The number of anilines is 1. The molecule has 5 aromatic rings. The topological polar surface area (TPSA) is 72.4 Å². The molecule has 0 radical (unpaired) electrons. The van der Waals surface area contributed by atoms with Crippen LogP contribution in [0.4, 0.5) is 5.69 Å². The van der Waals surface area contributed by atoms with Crippen LogP contribution in [0.1, 0.15) is 16.1 Å². The number of carbonyl (C=O) groups excluding carboxylic acids is 1. The molecule has 0 aliphatic heterocycles. The highest BCUT2D eigenvalue weighted by atomic mass is 35.5. The summed E-state index contributed by atoms with van der Waals surface area (Å²) in [5.74, 6) is 0.0968. The number of rotatable bonds is 4. The van der Waals surface area contributed by atoms with Crippen molar-refractivity contribution in [1.82, 2.24) is 14.5 Å². The molecule has 0 unspecified atom stereocenters. The van der Waals surface area contributed by atoms with Crippen LogP contribution in [0.25, 0.3) is 27.5 Å². The normalized spacial score (nSPS) is 11.1. The van der Waals surface area contributed by atoms with Gasteiger partial charge in [0, 0.05) is 28.9 Å². The summed E-state index contributed by atoms with van der Waals surface area (Å²) in [5.41, 5.74) is 3.67. The number of benzene rings is 2. The Bertz CT molecular complexity index is 1360. The number of hydrogen-bond donors (Lipinski definition) is 1. The Morgan fingerprint density at radius 3 is 2.70 bits per heavy atom. The van der Waals surface area contributed by atoms with Crippen molar-refractivity contribution in [3.63, 3.8) is 0 Å². The first-order chi connectivity index (χ1) is 14.6. The predicted molar refractivity (Wildman–Crippen MR) is 118 cm³/mol. The average Bonchev–Trinajstić information content (AvgIpc) is 3.43. The van der Waals surface area contributed by atoms with Crippen LogP contribution in [0, 0.1) is 6.92 Å². The first-order valence-corrected chi connectivity index (χ1v) is 10.4. The van der Waals surface area contributed by atoms with Gasteiger partial charge in [-0.3, -0.25) is 9.20 Å². The smallest absolute Gasteiger partial charge is 0.261 e. The van der Waals surface area contributed by atoms with E-state index in [9.17, 15) is 4.79 Å². The Hall–Kier alpha value is -3.42. The molecule has 5 rings (SSSR count). The summed E-state index contributed by atoms with van der Waals surface area (Å²) in [6, 6.07) is 14.8. The van der Waals surface area contributed by atoms with E-state index in [4.69, 9.17) is 16.1 Å². The van der Waals surface area contributed by atoms with E-state index in [0.29, 0.717) is 33.3 Å². The maximum absolute atomic E-state index is 13.2. The Labute approximate surface area is 180 Å². The van der Waals surface area contributed by atoms with E-state index >= 15 is 0 Å². The maximum Gasteiger partial charge on any atom is 0.261 e. The highest BCUT2D eigenvalue weighted by Crippen LogP contribution is 2.33. The van der Waals surface area contributed by atoms with Crippen LogP contribution in [0.5, 0.6) is 0 Å².